The minimum Gasteiger partial charge on any atom is -0.337 e. The molecule has 0 aliphatic rings. The molecule has 3 rings (SSSR count). The maximum absolute atomic E-state index is 13.1. The Balaban J connectivity index is 0.00000280. The van der Waals surface area contributed by atoms with E-state index in [4.69, 9.17) is 5.73 Å². The van der Waals surface area contributed by atoms with Gasteiger partial charge in [0, 0.05) is 13.1 Å². The highest BCUT2D eigenvalue weighted by Gasteiger charge is 2.21. The predicted molar refractivity (Wildman–Crippen MR) is 117 cm³/mol. The van der Waals surface area contributed by atoms with Crippen molar-refractivity contribution in [3.63, 3.8) is 0 Å². The van der Waals surface area contributed by atoms with Crippen LogP contribution in [0.5, 0.6) is 0 Å². The first-order valence-electron chi connectivity index (χ1n) is 9.38. The van der Waals surface area contributed by atoms with Gasteiger partial charge in [0.15, 0.2) is 0 Å². The van der Waals surface area contributed by atoms with Crippen molar-refractivity contribution in [3.05, 3.63) is 108 Å². The van der Waals surface area contributed by atoms with E-state index >= 15 is 0 Å². The van der Waals surface area contributed by atoms with E-state index in [0.29, 0.717) is 19.5 Å². The summed E-state index contributed by atoms with van der Waals surface area (Å²) in [4.78, 5) is 15.0. The van der Waals surface area contributed by atoms with Crippen LogP contribution in [0.4, 0.5) is 0 Å². The number of carbonyl (C=O) groups excluding carboxylic acids is 1. The third-order valence-electron chi connectivity index (χ3n) is 4.66. The molecular weight excluding hydrogens is 368 g/mol. The number of benzene rings is 3. The first kappa shape index (κ1) is 21.7. The molecule has 0 saturated heterocycles. The lowest BCUT2D eigenvalue weighted by Crippen LogP contribution is -2.45. The highest BCUT2D eigenvalue weighted by Crippen LogP contribution is 2.11. The molecule has 3 nitrogen and oxygen atoms in total. The zero-order valence-corrected chi connectivity index (χ0v) is 16.7. The average molecular weight is 395 g/mol. The van der Waals surface area contributed by atoms with Crippen LogP contribution in [0.1, 0.15) is 16.7 Å². The first-order valence-corrected chi connectivity index (χ1v) is 9.38. The summed E-state index contributed by atoms with van der Waals surface area (Å²) in [6.45, 7) is 1.23. The van der Waals surface area contributed by atoms with Gasteiger partial charge in [-0.2, -0.15) is 0 Å². The molecule has 3 aromatic carbocycles. The van der Waals surface area contributed by atoms with Gasteiger partial charge in [0.05, 0.1) is 6.04 Å². The second-order valence-electron chi connectivity index (χ2n) is 6.78. The Kier molecular flexibility index (Phi) is 8.73. The van der Waals surface area contributed by atoms with Crippen LogP contribution in [0.3, 0.4) is 0 Å². The van der Waals surface area contributed by atoms with E-state index < -0.39 is 6.04 Å². The largest absolute Gasteiger partial charge is 0.337 e. The number of nitrogens with zero attached hydrogens (tertiary/aromatic N) is 1. The summed E-state index contributed by atoms with van der Waals surface area (Å²) in [7, 11) is 0. The molecule has 1 unspecified atom stereocenters. The molecule has 4 heteroatoms. The minimum atomic E-state index is -0.535. The van der Waals surface area contributed by atoms with Crippen molar-refractivity contribution >= 4 is 18.3 Å². The molecule has 0 spiro atoms. The van der Waals surface area contributed by atoms with E-state index in [1.54, 1.807) is 0 Å². The average Bonchev–Trinajstić information content (AvgIpc) is 2.73. The van der Waals surface area contributed by atoms with Gasteiger partial charge in [-0.15, -0.1) is 12.4 Å². The van der Waals surface area contributed by atoms with Gasteiger partial charge in [-0.25, -0.2) is 0 Å². The summed E-state index contributed by atoms with van der Waals surface area (Å²) in [5.41, 5.74) is 9.70. The lowest BCUT2D eigenvalue weighted by atomic mass is 10.0. The second kappa shape index (κ2) is 11.3. The van der Waals surface area contributed by atoms with Crippen LogP contribution in [0, 0.1) is 0 Å². The fourth-order valence-corrected chi connectivity index (χ4v) is 3.17. The zero-order valence-electron chi connectivity index (χ0n) is 15.9. The van der Waals surface area contributed by atoms with Crippen molar-refractivity contribution in [2.45, 2.75) is 25.4 Å². The lowest BCUT2D eigenvalue weighted by molar-refractivity contribution is -0.133. The molecule has 1 amide bonds. The van der Waals surface area contributed by atoms with Crippen LogP contribution in [0.25, 0.3) is 0 Å². The van der Waals surface area contributed by atoms with Crippen LogP contribution >= 0.6 is 12.4 Å². The van der Waals surface area contributed by atoms with E-state index in [9.17, 15) is 4.79 Å². The maximum Gasteiger partial charge on any atom is 0.240 e. The van der Waals surface area contributed by atoms with Crippen molar-refractivity contribution in [1.29, 1.82) is 0 Å². The van der Waals surface area contributed by atoms with Gasteiger partial charge in [-0.1, -0.05) is 91.0 Å². The molecule has 28 heavy (non-hydrogen) atoms. The molecule has 0 aliphatic carbocycles. The molecule has 0 fully saturated rings. The van der Waals surface area contributed by atoms with Gasteiger partial charge >= 0.3 is 0 Å². The third-order valence-corrected chi connectivity index (χ3v) is 4.66. The SMILES string of the molecule is Cl.NC(Cc1ccccc1)C(=O)N(CCc1ccccc1)Cc1ccccc1. The van der Waals surface area contributed by atoms with E-state index in [0.717, 1.165) is 17.5 Å². The van der Waals surface area contributed by atoms with E-state index in [2.05, 4.69) is 12.1 Å². The Hall–Kier alpha value is -2.62. The zero-order chi connectivity index (χ0) is 18.9. The maximum atomic E-state index is 13.1. The third kappa shape index (κ3) is 6.52. The van der Waals surface area contributed by atoms with E-state index in [1.807, 2.05) is 83.8 Å². The number of nitrogens with two attached hydrogens (primary N) is 1. The monoisotopic (exact) mass is 394 g/mol. The number of hydrogen-bond donors (Lipinski definition) is 1. The van der Waals surface area contributed by atoms with Crippen LogP contribution in [0.15, 0.2) is 91.0 Å². The first-order chi connectivity index (χ1) is 13.2. The summed E-state index contributed by atoms with van der Waals surface area (Å²) >= 11 is 0. The molecule has 146 valence electrons. The number of halogens is 1. The van der Waals surface area contributed by atoms with Crippen molar-refractivity contribution in [1.82, 2.24) is 4.90 Å². The van der Waals surface area contributed by atoms with Crippen LogP contribution in [-0.2, 0) is 24.2 Å². The highest BCUT2D eigenvalue weighted by atomic mass is 35.5. The van der Waals surface area contributed by atoms with Crippen molar-refractivity contribution in [3.8, 4) is 0 Å². The molecule has 0 radical (unpaired) electrons. The predicted octanol–water partition coefficient (Wildman–Crippen LogP) is 4.25. The van der Waals surface area contributed by atoms with E-state index in [1.165, 1.54) is 5.56 Å². The van der Waals surface area contributed by atoms with Gasteiger partial charge in [0.1, 0.15) is 0 Å². The molecule has 0 bridgehead atoms. The quantitative estimate of drug-likeness (QED) is 0.620. The highest BCUT2D eigenvalue weighted by molar-refractivity contribution is 5.85. The Bertz CT molecular complexity index is 825. The minimum absolute atomic E-state index is 0. The van der Waals surface area contributed by atoms with Crippen LogP contribution in [-0.4, -0.2) is 23.4 Å². The summed E-state index contributed by atoms with van der Waals surface area (Å²) in [6, 6.07) is 29.7. The number of hydrogen-bond acceptors (Lipinski definition) is 2. The molecule has 0 aromatic heterocycles. The molecule has 0 heterocycles. The summed E-state index contributed by atoms with van der Waals surface area (Å²) in [5, 5.41) is 0. The normalized spacial score (nSPS) is 11.3. The van der Waals surface area contributed by atoms with Gasteiger partial charge < -0.3 is 10.6 Å². The van der Waals surface area contributed by atoms with Gasteiger partial charge in [0.25, 0.3) is 0 Å². The summed E-state index contributed by atoms with van der Waals surface area (Å²) in [6.07, 6.45) is 1.37. The lowest BCUT2D eigenvalue weighted by Gasteiger charge is -2.26. The Morgan fingerprint density at radius 2 is 1.21 bits per heavy atom. The van der Waals surface area contributed by atoms with Gasteiger partial charge in [-0.05, 0) is 29.5 Å². The fourth-order valence-electron chi connectivity index (χ4n) is 3.17. The molecular formula is C24H27ClN2O. The van der Waals surface area contributed by atoms with Gasteiger partial charge in [-0.3, -0.25) is 4.79 Å². The van der Waals surface area contributed by atoms with Crippen molar-refractivity contribution in [2.75, 3.05) is 6.54 Å². The number of amides is 1. The van der Waals surface area contributed by atoms with Crippen molar-refractivity contribution in [2.24, 2.45) is 5.73 Å². The Morgan fingerprint density at radius 3 is 1.75 bits per heavy atom. The smallest absolute Gasteiger partial charge is 0.240 e. The molecule has 2 N–H and O–H groups in total. The Morgan fingerprint density at radius 1 is 0.750 bits per heavy atom. The van der Waals surface area contributed by atoms with Crippen LogP contribution in [0.2, 0.25) is 0 Å². The topological polar surface area (TPSA) is 46.3 Å². The van der Waals surface area contributed by atoms with Gasteiger partial charge in [0.2, 0.25) is 5.91 Å². The molecule has 3 aromatic rings. The number of rotatable bonds is 8. The summed E-state index contributed by atoms with van der Waals surface area (Å²) in [5.74, 6) is -0.00126. The number of carbonyl (C=O) groups is 1. The molecule has 0 saturated carbocycles. The van der Waals surface area contributed by atoms with E-state index in [-0.39, 0.29) is 18.3 Å². The van der Waals surface area contributed by atoms with Crippen LogP contribution < -0.4 is 5.73 Å². The fraction of sp³-hybridized carbons (Fsp3) is 0.208. The molecule has 1 atom stereocenters. The standard InChI is InChI=1S/C24H26N2O.ClH/c25-23(18-21-12-6-2-7-13-21)24(27)26(19-22-14-8-3-9-15-22)17-16-20-10-4-1-5-11-20;/h1-15,23H,16-19,25H2;1H. The second-order valence-corrected chi connectivity index (χ2v) is 6.78. The summed E-state index contributed by atoms with van der Waals surface area (Å²) < 4.78 is 0. The Labute approximate surface area is 173 Å². The molecule has 0 aliphatic heterocycles. The van der Waals surface area contributed by atoms with Crippen molar-refractivity contribution < 1.29 is 4.79 Å².